The Hall–Kier alpha value is -1.58. The number of benzene rings is 1. The van der Waals surface area contributed by atoms with Crippen molar-refractivity contribution >= 4 is 17.3 Å². The molecular formula is C17H22ClN3. The number of pyridine rings is 1. The number of nitrogens with one attached hydrogen (secondary N) is 1. The fraction of sp³-hybridized carbons (Fsp3) is 0.353. The van der Waals surface area contributed by atoms with Crippen LogP contribution in [-0.4, -0.2) is 18.6 Å². The van der Waals surface area contributed by atoms with Gasteiger partial charge in [0.05, 0.1) is 17.9 Å². The van der Waals surface area contributed by atoms with Crippen molar-refractivity contribution in [3.63, 3.8) is 0 Å². The molecule has 0 bridgehead atoms. The van der Waals surface area contributed by atoms with E-state index in [2.05, 4.69) is 48.2 Å². The minimum absolute atomic E-state index is 0.184. The Balaban J connectivity index is 2.27. The number of nitrogens with zero attached hydrogens (tertiary/aromatic N) is 2. The molecule has 0 amide bonds. The Morgan fingerprint density at radius 1 is 1.29 bits per heavy atom. The molecule has 0 aliphatic carbocycles. The van der Waals surface area contributed by atoms with E-state index in [0.29, 0.717) is 0 Å². The lowest BCUT2D eigenvalue weighted by atomic mass is 10.1. The van der Waals surface area contributed by atoms with Crippen molar-refractivity contribution in [2.24, 2.45) is 0 Å². The molecule has 21 heavy (non-hydrogen) atoms. The highest BCUT2D eigenvalue weighted by Crippen LogP contribution is 2.31. The van der Waals surface area contributed by atoms with Crippen molar-refractivity contribution in [3.8, 4) is 0 Å². The normalized spacial score (nSPS) is 12.2. The number of hydrogen-bond acceptors (Lipinski definition) is 3. The predicted molar refractivity (Wildman–Crippen MR) is 89.9 cm³/mol. The Kier molecular flexibility index (Phi) is 5.59. The van der Waals surface area contributed by atoms with Crippen molar-refractivity contribution < 1.29 is 0 Å². The molecule has 0 aliphatic rings. The number of halogens is 1. The van der Waals surface area contributed by atoms with E-state index >= 15 is 0 Å². The minimum atomic E-state index is 0.184. The number of anilines is 1. The van der Waals surface area contributed by atoms with Crippen molar-refractivity contribution in [2.75, 3.05) is 18.5 Å². The van der Waals surface area contributed by atoms with Crippen LogP contribution in [0.3, 0.4) is 0 Å². The topological polar surface area (TPSA) is 28.2 Å². The summed E-state index contributed by atoms with van der Waals surface area (Å²) in [6.45, 7) is 6.06. The van der Waals surface area contributed by atoms with Crippen LogP contribution in [-0.2, 0) is 6.54 Å². The van der Waals surface area contributed by atoms with Crippen molar-refractivity contribution in [3.05, 3.63) is 58.9 Å². The molecule has 2 rings (SSSR count). The van der Waals surface area contributed by atoms with Crippen molar-refractivity contribution in [1.82, 2.24) is 10.3 Å². The van der Waals surface area contributed by atoms with E-state index < -0.39 is 0 Å². The van der Waals surface area contributed by atoms with Crippen LogP contribution in [0.15, 0.2) is 42.7 Å². The molecule has 1 heterocycles. The van der Waals surface area contributed by atoms with Crippen LogP contribution in [0, 0.1) is 0 Å². The summed E-state index contributed by atoms with van der Waals surface area (Å²) in [6.07, 6.45) is 3.75. The predicted octanol–water partition coefficient (Wildman–Crippen LogP) is 4.04. The van der Waals surface area contributed by atoms with Gasteiger partial charge in [-0.25, -0.2) is 0 Å². The highest BCUT2D eigenvalue weighted by molar-refractivity contribution is 6.31. The van der Waals surface area contributed by atoms with E-state index in [1.165, 1.54) is 5.56 Å². The molecule has 3 nitrogen and oxygen atoms in total. The summed E-state index contributed by atoms with van der Waals surface area (Å²) in [7, 11) is 2.08. The fourth-order valence-corrected chi connectivity index (χ4v) is 2.67. The lowest BCUT2D eigenvalue weighted by molar-refractivity contribution is 0.702. The summed E-state index contributed by atoms with van der Waals surface area (Å²) in [4.78, 5) is 6.49. The average molecular weight is 304 g/mol. The summed E-state index contributed by atoms with van der Waals surface area (Å²) in [5.41, 5.74) is 3.50. The second-order valence-corrected chi connectivity index (χ2v) is 5.50. The van der Waals surface area contributed by atoms with Crippen molar-refractivity contribution in [1.29, 1.82) is 0 Å². The van der Waals surface area contributed by atoms with Gasteiger partial charge in [0, 0.05) is 24.8 Å². The summed E-state index contributed by atoms with van der Waals surface area (Å²) >= 11 is 6.32. The zero-order valence-corrected chi connectivity index (χ0v) is 13.6. The Morgan fingerprint density at radius 3 is 2.76 bits per heavy atom. The van der Waals surface area contributed by atoms with E-state index in [1.54, 1.807) is 0 Å². The summed E-state index contributed by atoms with van der Waals surface area (Å²) < 4.78 is 0. The van der Waals surface area contributed by atoms with Gasteiger partial charge in [-0.05, 0) is 36.7 Å². The van der Waals surface area contributed by atoms with Crippen molar-refractivity contribution in [2.45, 2.75) is 26.4 Å². The van der Waals surface area contributed by atoms with Crippen LogP contribution in [0.2, 0.25) is 5.02 Å². The smallest absolute Gasteiger partial charge is 0.0600 e. The molecule has 0 radical (unpaired) electrons. The van der Waals surface area contributed by atoms with Gasteiger partial charge in [-0.2, -0.15) is 0 Å². The SMILES string of the molecule is CCNCc1ccncc1N(C)C(C)c1ccccc1Cl. The summed E-state index contributed by atoms with van der Waals surface area (Å²) in [5.74, 6) is 0. The molecule has 2 aromatic rings. The number of rotatable bonds is 6. The zero-order chi connectivity index (χ0) is 15.2. The standard InChI is InChI=1S/C17H22ClN3/c1-4-19-11-14-9-10-20-12-17(14)21(3)13(2)15-7-5-6-8-16(15)18/h5-10,12-13,19H,4,11H2,1-3H3. The Morgan fingerprint density at radius 2 is 2.05 bits per heavy atom. The lowest BCUT2D eigenvalue weighted by Crippen LogP contribution is -2.24. The number of aromatic nitrogens is 1. The third-order valence-electron chi connectivity index (χ3n) is 3.77. The first-order chi connectivity index (χ1) is 10.1. The monoisotopic (exact) mass is 303 g/mol. The van der Waals surface area contributed by atoms with E-state index in [1.807, 2.05) is 30.6 Å². The lowest BCUT2D eigenvalue weighted by Gasteiger charge is -2.29. The first-order valence-electron chi connectivity index (χ1n) is 7.26. The molecule has 0 saturated heterocycles. The molecule has 112 valence electrons. The maximum atomic E-state index is 6.32. The highest BCUT2D eigenvalue weighted by Gasteiger charge is 2.17. The molecule has 1 aromatic heterocycles. The van der Waals surface area contributed by atoms with Crippen LogP contribution < -0.4 is 10.2 Å². The van der Waals surface area contributed by atoms with Gasteiger partial charge in [0.2, 0.25) is 0 Å². The molecule has 0 fully saturated rings. The van der Waals surface area contributed by atoms with Crippen LogP contribution in [0.25, 0.3) is 0 Å². The van der Waals surface area contributed by atoms with E-state index in [4.69, 9.17) is 11.6 Å². The third-order valence-corrected chi connectivity index (χ3v) is 4.11. The van der Waals surface area contributed by atoms with Gasteiger partial charge >= 0.3 is 0 Å². The van der Waals surface area contributed by atoms with Gasteiger partial charge in [-0.3, -0.25) is 4.98 Å². The number of hydrogen-bond donors (Lipinski definition) is 1. The summed E-state index contributed by atoms with van der Waals surface area (Å²) in [6, 6.07) is 10.2. The van der Waals surface area contributed by atoms with E-state index in [0.717, 1.165) is 29.4 Å². The van der Waals surface area contributed by atoms with Crippen LogP contribution in [0.5, 0.6) is 0 Å². The maximum absolute atomic E-state index is 6.32. The molecular weight excluding hydrogens is 282 g/mol. The summed E-state index contributed by atoms with van der Waals surface area (Å²) in [5, 5.41) is 4.17. The van der Waals surface area contributed by atoms with E-state index in [-0.39, 0.29) is 6.04 Å². The molecule has 0 spiro atoms. The minimum Gasteiger partial charge on any atom is -0.366 e. The first-order valence-corrected chi connectivity index (χ1v) is 7.63. The second kappa shape index (κ2) is 7.43. The molecule has 4 heteroatoms. The maximum Gasteiger partial charge on any atom is 0.0600 e. The van der Waals surface area contributed by atoms with Crippen LogP contribution in [0.4, 0.5) is 5.69 Å². The van der Waals surface area contributed by atoms with Gasteiger partial charge < -0.3 is 10.2 Å². The highest BCUT2D eigenvalue weighted by atomic mass is 35.5. The molecule has 0 saturated carbocycles. The fourth-order valence-electron chi connectivity index (χ4n) is 2.37. The Bertz CT molecular complexity index is 586. The van der Waals surface area contributed by atoms with Gasteiger partial charge in [-0.1, -0.05) is 36.7 Å². The molecule has 1 N–H and O–H groups in total. The molecule has 0 aliphatic heterocycles. The third kappa shape index (κ3) is 3.74. The zero-order valence-electron chi connectivity index (χ0n) is 12.8. The van der Waals surface area contributed by atoms with Gasteiger partial charge in [0.15, 0.2) is 0 Å². The van der Waals surface area contributed by atoms with Gasteiger partial charge in [-0.15, -0.1) is 0 Å². The van der Waals surface area contributed by atoms with Gasteiger partial charge in [0.1, 0.15) is 0 Å². The quantitative estimate of drug-likeness (QED) is 0.873. The Labute approximate surface area is 132 Å². The largest absolute Gasteiger partial charge is 0.366 e. The first kappa shape index (κ1) is 15.8. The molecule has 1 unspecified atom stereocenters. The second-order valence-electron chi connectivity index (χ2n) is 5.09. The van der Waals surface area contributed by atoms with Crippen LogP contribution in [0.1, 0.15) is 31.0 Å². The molecule has 1 atom stereocenters. The molecule has 1 aromatic carbocycles. The average Bonchev–Trinajstić information content (AvgIpc) is 2.52. The van der Waals surface area contributed by atoms with E-state index in [9.17, 15) is 0 Å². The van der Waals surface area contributed by atoms with Crippen LogP contribution >= 0.6 is 11.6 Å². The van der Waals surface area contributed by atoms with Gasteiger partial charge in [0.25, 0.3) is 0 Å².